The zero-order chi connectivity index (χ0) is 24.3. The van der Waals surface area contributed by atoms with Crippen LogP contribution in [0.1, 0.15) is 45.6 Å². The van der Waals surface area contributed by atoms with E-state index in [1.165, 1.54) is 0 Å². The monoisotopic (exact) mass is 493 g/mol. The van der Waals surface area contributed by atoms with Gasteiger partial charge in [-0.2, -0.15) is 0 Å². The molecule has 0 heterocycles. The van der Waals surface area contributed by atoms with Gasteiger partial charge in [-0.05, 0) is 43.9 Å². The Morgan fingerprint density at radius 2 is 1.53 bits per heavy atom. The van der Waals surface area contributed by atoms with Crippen LogP contribution in [0.4, 0.5) is 0 Å². The largest absolute Gasteiger partial charge is 1.00 e. The average Bonchev–Trinajstić information content (AvgIpc) is 2.77. The molecule has 2 aromatic carbocycles. The molecule has 8 heteroatoms. The van der Waals surface area contributed by atoms with E-state index < -0.39 is 30.1 Å². The van der Waals surface area contributed by atoms with Gasteiger partial charge in [0.25, 0.3) is 0 Å². The van der Waals surface area contributed by atoms with Crippen LogP contribution >= 0.6 is 0 Å². The standard InChI is InChI=1S/C26H32NO6.K/c1-26(2,3)25(31)33-18-32-24(30)14-13-22(27-16-15-23(28)29)17-19-9-11-21(12-10-19)20-7-5-4-6-8-20;/h4-12,22H,13-18H2,1-3H3,(H,28,29);/q-1;+1/t22-;/m0./s1. The van der Waals surface area contributed by atoms with Gasteiger partial charge in [0.1, 0.15) is 0 Å². The molecule has 0 spiro atoms. The summed E-state index contributed by atoms with van der Waals surface area (Å²) in [5.74, 6) is -1.85. The van der Waals surface area contributed by atoms with E-state index in [1.54, 1.807) is 20.8 Å². The van der Waals surface area contributed by atoms with Gasteiger partial charge in [0.05, 0.1) is 5.41 Å². The number of benzene rings is 2. The number of nitrogens with zero attached hydrogens (tertiary/aromatic N) is 1. The fourth-order valence-electron chi connectivity index (χ4n) is 3.06. The van der Waals surface area contributed by atoms with Crippen molar-refractivity contribution in [2.45, 2.75) is 52.5 Å². The predicted molar refractivity (Wildman–Crippen MR) is 126 cm³/mol. The Bertz CT molecular complexity index is 909. The third-order valence-electron chi connectivity index (χ3n) is 4.95. The van der Waals surface area contributed by atoms with Crippen molar-refractivity contribution in [3.63, 3.8) is 0 Å². The molecule has 1 atom stereocenters. The Morgan fingerprint density at radius 3 is 2.12 bits per heavy atom. The van der Waals surface area contributed by atoms with Crippen LogP contribution in [0.5, 0.6) is 0 Å². The second-order valence-electron chi connectivity index (χ2n) is 8.83. The molecule has 0 aromatic heterocycles. The number of rotatable bonds is 12. The van der Waals surface area contributed by atoms with Gasteiger partial charge in [0.15, 0.2) is 0 Å². The number of carbonyl (C=O) groups excluding carboxylic acids is 2. The van der Waals surface area contributed by atoms with E-state index in [9.17, 15) is 14.4 Å². The summed E-state index contributed by atoms with van der Waals surface area (Å²) in [5, 5.41) is 13.4. The maximum atomic E-state index is 12.1. The molecule has 178 valence electrons. The number of hydrogen-bond donors (Lipinski definition) is 1. The van der Waals surface area contributed by atoms with Gasteiger partial charge >= 0.3 is 69.3 Å². The van der Waals surface area contributed by atoms with Gasteiger partial charge in [-0.1, -0.05) is 61.0 Å². The Kier molecular flexibility index (Phi) is 13.8. The van der Waals surface area contributed by atoms with Crippen molar-refractivity contribution in [1.82, 2.24) is 0 Å². The second kappa shape index (κ2) is 15.4. The summed E-state index contributed by atoms with van der Waals surface area (Å²) in [7, 11) is 0. The van der Waals surface area contributed by atoms with Gasteiger partial charge in [-0.25, -0.2) is 0 Å². The number of hydrogen-bond acceptors (Lipinski definition) is 5. The quantitative estimate of drug-likeness (QED) is 0.276. The molecular formula is C26H32KNO6. The van der Waals surface area contributed by atoms with Crippen LogP contribution in [-0.2, 0) is 30.3 Å². The zero-order valence-corrected chi connectivity index (χ0v) is 23.6. The Labute approximate surface area is 244 Å². The Balaban J connectivity index is 0.00000578. The number of aliphatic carboxylic acids is 1. The van der Waals surface area contributed by atoms with E-state index in [1.807, 2.05) is 54.6 Å². The molecule has 0 aliphatic carbocycles. The van der Waals surface area contributed by atoms with Gasteiger partial charge in [0, 0.05) is 12.8 Å². The van der Waals surface area contributed by atoms with E-state index in [-0.39, 0.29) is 76.8 Å². The normalized spacial score (nSPS) is 11.7. The van der Waals surface area contributed by atoms with Crippen molar-refractivity contribution in [1.29, 1.82) is 0 Å². The van der Waals surface area contributed by atoms with Crippen LogP contribution in [0.2, 0.25) is 0 Å². The minimum atomic E-state index is -0.912. The summed E-state index contributed by atoms with van der Waals surface area (Å²) in [4.78, 5) is 34.6. The fourth-order valence-corrected chi connectivity index (χ4v) is 3.06. The molecule has 0 unspecified atom stereocenters. The first-order valence-electron chi connectivity index (χ1n) is 11.0. The minimum Gasteiger partial charge on any atom is -0.659 e. The summed E-state index contributed by atoms with van der Waals surface area (Å²) in [6.07, 6.45) is 1.03. The van der Waals surface area contributed by atoms with Crippen LogP contribution in [0, 0.1) is 5.41 Å². The number of ether oxygens (including phenoxy) is 2. The van der Waals surface area contributed by atoms with Gasteiger partial charge in [-0.15, -0.1) is 12.6 Å². The second-order valence-corrected chi connectivity index (χ2v) is 8.83. The summed E-state index contributed by atoms with van der Waals surface area (Å²) in [6.45, 7) is 4.91. The zero-order valence-electron chi connectivity index (χ0n) is 20.5. The van der Waals surface area contributed by atoms with Gasteiger partial charge in [-0.3, -0.25) is 14.4 Å². The number of esters is 2. The summed E-state index contributed by atoms with van der Waals surface area (Å²) >= 11 is 0. The van der Waals surface area contributed by atoms with E-state index >= 15 is 0 Å². The summed E-state index contributed by atoms with van der Waals surface area (Å²) < 4.78 is 9.95. The van der Waals surface area contributed by atoms with Crippen LogP contribution in [-0.4, -0.2) is 42.4 Å². The Hall–Kier alpha value is -1.55. The van der Waals surface area contributed by atoms with Gasteiger partial charge in [0.2, 0.25) is 6.79 Å². The van der Waals surface area contributed by atoms with Gasteiger partial charge < -0.3 is 19.9 Å². The molecule has 1 N–H and O–H groups in total. The van der Waals surface area contributed by atoms with Crippen molar-refractivity contribution < 1.29 is 80.3 Å². The average molecular weight is 494 g/mol. The van der Waals surface area contributed by atoms with E-state index in [4.69, 9.17) is 14.6 Å². The van der Waals surface area contributed by atoms with Crippen molar-refractivity contribution in [2.75, 3.05) is 13.3 Å². The van der Waals surface area contributed by atoms with Crippen LogP contribution in [0.15, 0.2) is 54.6 Å². The molecular weight excluding hydrogens is 461 g/mol. The molecule has 2 rings (SSSR count). The van der Waals surface area contributed by atoms with Crippen molar-refractivity contribution in [3.05, 3.63) is 65.5 Å². The summed E-state index contributed by atoms with van der Waals surface area (Å²) in [5.41, 5.74) is 2.61. The van der Waals surface area contributed by atoms with E-state index in [0.717, 1.165) is 16.7 Å². The first kappa shape index (κ1) is 30.5. The first-order chi connectivity index (χ1) is 15.6. The summed E-state index contributed by atoms with van der Waals surface area (Å²) in [6, 6.07) is 17.9. The molecule has 7 nitrogen and oxygen atoms in total. The van der Waals surface area contributed by atoms with Crippen LogP contribution in [0.3, 0.4) is 0 Å². The maximum Gasteiger partial charge on any atom is 1.00 e. The maximum absolute atomic E-state index is 12.1. The Morgan fingerprint density at radius 1 is 0.912 bits per heavy atom. The molecule has 2 aromatic rings. The molecule has 0 amide bonds. The molecule has 0 aliphatic heterocycles. The molecule has 0 bridgehead atoms. The molecule has 0 saturated carbocycles. The van der Waals surface area contributed by atoms with E-state index in [0.29, 0.717) is 12.8 Å². The first-order valence-corrected chi connectivity index (χ1v) is 11.0. The molecule has 0 fully saturated rings. The molecule has 0 aliphatic rings. The van der Waals surface area contributed by atoms with Crippen molar-refractivity contribution in [2.24, 2.45) is 5.41 Å². The van der Waals surface area contributed by atoms with Crippen molar-refractivity contribution in [3.8, 4) is 11.1 Å². The topological polar surface area (TPSA) is 104 Å². The van der Waals surface area contributed by atoms with Crippen molar-refractivity contribution >= 4 is 17.9 Å². The molecule has 0 saturated heterocycles. The minimum absolute atomic E-state index is 0. The number of carboxylic acids is 1. The van der Waals surface area contributed by atoms with E-state index in [2.05, 4.69) is 5.32 Å². The SMILES string of the molecule is CC(C)(C)C(=O)OCOC(=O)CC[C@@H](Cc1ccc(-c2ccccc2)cc1)[N-]CCC(=O)O.[K+]. The third kappa shape index (κ3) is 11.7. The smallest absolute Gasteiger partial charge is 0.659 e. The molecule has 0 radical (unpaired) electrons. The number of carbonyl (C=O) groups is 3. The molecule has 34 heavy (non-hydrogen) atoms. The fraction of sp³-hybridized carbons (Fsp3) is 0.423. The third-order valence-corrected chi connectivity index (χ3v) is 4.95. The predicted octanol–water partition coefficient (Wildman–Crippen LogP) is 1.99. The van der Waals surface area contributed by atoms with Crippen LogP contribution in [0.25, 0.3) is 16.4 Å². The van der Waals surface area contributed by atoms with Crippen LogP contribution < -0.4 is 51.4 Å². The number of carboxylic acid groups (broad SMARTS) is 1.